The SMILES string of the molecule is CC(C)COC(=O)C1CCN(S(=O)(=O)c2ccc3c(c2)OCCCO3)CC1. The van der Waals surface area contributed by atoms with Crippen LogP contribution in [0.3, 0.4) is 0 Å². The number of carbonyl (C=O) groups excluding carboxylic acids is 1. The number of carbonyl (C=O) groups is 1. The summed E-state index contributed by atoms with van der Waals surface area (Å²) in [5, 5.41) is 0. The first-order valence-corrected chi connectivity index (χ1v) is 10.9. The van der Waals surface area contributed by atoms with E-state index >= 15 is 0 Å². The highest BCUT2D eigenvalue weighted by atomic mass is 32.2. The van der Waals surface area contributed by atoms with Crippen molar-refractivity contribution < 1.29 is 27.4 Å². The number of fused-ring (bicyclic) bond motifs is 1. The first-order valence-electron chi connectivity index (χ1n) is 9.44. The van der Waals surface area contributed by atoms with Gasteiger partial charge in [0.25, 0.3) is 0 Å². The monoisotopic (exact) mass is 397 g/mol. The van der Waals surface area contributed by atoms with Crippen LogP contribution in [0.2, 0.25) is 0 Å². The summed E-state index contributed by atoms with van der Waals surface area (Å²) in [4.78, 5) is 12.3. The Kier molecular flexibility index (Phi) is 6.26. The molecule has 1 aromatic rings. The van der Waals surface area contributed by atoms with Gasteiger partial charge in [-0.05, 0) is 30.9 Å². The molecule has 1 fully saturated rings. The summed E-state index contributed by atoms with van der Waals surface area (Å²) in [6.45, 7) is 6.03. The zero-order valence-electron chi connectivity index (χ0n) is 15.8. The summed E-state index contributed by atoms with van der Waals surface area (Å²) in [6, 6.07) is 4.72. The number of hydrogen-bond acceptors (Lipinski definition) is 6. The third-order valence-corrected chi connectivity index (χ3v) is 6.60. The third kappa shape index (κ3) is 4.73. The molecule has 0 spiro atoms. The van der Waals surface area contributed by atoms with E-state index in [4.69, 9.17) is 14.2 Å². The molecule has 3 rings (SSSR count). The predicted molar refractivity (Wildman–Crippen MR) is 99.3 cm³/mol. The fraction of sp³-hybridized carbons (Fsp3) is 0.632. The van der Waals surface area contributed by atoms with Gasteiger partial charge >= 0.3 is 5.97 Å². The quantitative estimate of drug-likeness (QED) is 0.710. The molecule has 0 amide bonds. The normalized spacial score (nSPS) is 18.9. The second kappa shape index (κ2) is 8.48. The molecule has 27 heavy (non-hydrogen) atoms. The maximum absolute atomic E-state index is 13.0. The van der Waals surface area contributed by atoms with Crippen LogP contribution < -0.4 is 9.47 Å². The first-order chi connectivity index (χ1) is 12.9. The summed E-state index contributed by atoms with van der Waals surface area (Å²) >= 11 is 0. The van der Waals surface area contributed by atoms with Gasteiger partial charge in [-0.2, -0.15) is 4.31 Å². The van der Waals surface area contributed by atoms with Gasteiger partial charge in [0, 0.05) is 25.6 Å². The van der Waals surface area contributed by atoms with Crippen LogP contribution in [-0.2, 0) is 19.6 Å². The van der Waals surface area contributed by atoms with E-state index in [1.807, 2.05) is 13.8 Å². The number of nitrogens with zero attached hydrogens (tertiary/aromatic N) is 1. The fourth-order valence-electron chi connectivity index (χ4n) is 3.15. The molecular weight excluding hydrogens is 370 g/mol. The van der Waals surface area contributed by atoms with Gasteiger partial charge in [-0.15, -0.1) is 0 Å². The molecule has 0 atom stereocenters. The molecule has 150 valence electrons. The molecule has 0 aliphatic carbocycles. The maximum atomic E-state index is 13.0. The maximum Gasteiger partial charge on any atom is 0.309 e. The molecule has 0 N–H and O–H groups in total. The molecule has 0 saturated carbocycles. The molecule has 0 aromatic heterocycles. The van der Waals surface area contributed by atoms with Crippen LogP contribution in [0.4, 0.5) is 0 Å². The lowest BCUT2D eigenvalue weighted by Crippen LogP contribution is -2.40. The average Bonchev–Trinajstić information content (AvgIpc) is 2.91. The van der Waals surface area contributed by atoms with Gasteiger partial charge in [0.05, 0.1) is 30.6 Å². The van der Waals surface area contributed by atoms with Crippen LogP contribution in [0.1, 0.15) is 33.1 Å². The van der Waals surface area contributed by atoms with Crippen molar-refractivity contribution in [2.75, 3.05) is 32.9 Å². The van der Waals surface area contributed by atoms with Crippen molar-refractivity contribution in [1.29, 1.82) is 0 Å². The molecule has 2 aliphatic rings. The van der Waals surface area contributed by atoms with Crippen molar-refractivity contribution in [3.8, 4) is 11.5 Å². The summed E-state index contributed by atoms with van der Waals surface area (Å²) in [6.07, 6.45) is 1.71. The van der Waals surface area contributed by atoms with Gasteiger partial charge in [0.15, 0.2) is 11.5 Å². The average molecular weight is 397 g/mol. The van der Waals surface area contributed by atoms with Gasteiger partial charge in [-0.3, -0.25) is 4.79 Å². The van der Waals surface area contributed by atoms with Crippen LogP contribution in [-0.4, -0.2) is 51.6 Å². The van der Waals surface area contributed by atoms with Crippen LogP contribution in [0.5, 0.6) is 11.5 Å². The van der Waals surface area contributed by atoms with Gasteiger partial charge in [0.1, 0.15) is 0 Å². The lowest BCUT2D eigenvalue weighted by atomic mass is 9.98. The Bertz CT molecular complexity index is 768. The number of benzene rings is 1. The molecule has 2 aliphatic heterocycles. The molecule has 0 radical (unpaired) electrons. The summed E-state index contributed by atoms with van der Waals surface area (Å²) in [5.41, 5.74) is 0. The lowest BCUT2D eigenvalue weighted by molar-refractivity contribution is -0.150. The van der Waals surface area contributed by atoms with E-state index in [1.165, 1.54) is 10.4 Å². The molecule has 2 heterocycles. The standard InChI is InChI=1S/C19H27NO6S/c1-14(2)13-26-19(21)15-6-8-20(9-7-15)27(22,23)16-4-5-17-18(12-16)25-11-3-10-24-17/h4-5,12,14-15H,3,6-11,13H2,1-2H3. The molecule has 1 aromatic carbocycles. The topological polar surface area (TPSA) is 82.1 Å². The van der Waals surface area contributed by atoms with E-state index in [0.717, 1.165) is 6.42 Å². The van der Waals surface area contributed by atoms with Crippen LogP contribution in [0.15, 0.2) is 23.1 Å². The van der Waals surface area contributed by atoms with Crippen molar-refractivity contribution in [2.24, 2.45) is 11.8 Å². The van der Waals surface area contributed by atoms with Crippen LogP contribution in [0.25, 0.3) is 0 Å². The van der Waals surface area contributed by atoms with E-state index in [9.17, 15) is 13.2 Å². The van der Waals surface area contributed by atoms with Gasteiger partial charge in [-0.1, -0.05) is 13.8 Å². The second-order valence-corrected chi connectivity index (χ2v) is 9.30. The second-order valence-electron chi connectivity index (χ2n) is 7.36. The molecule has 0 unspecified atom stereocenters. The molecule has 0 bridgehead atoms. The number of hydrogen-bond donors (Lipinski definition) is 0. The minimum Gasteiger partial charge on any atom is -0.490 e. The Labute approximate surface area is 160 Å². The summed E-state index contributed by atoms with van der Waals surface area (Å²) in [5.74, 6) is 0.850. The van der Waals surface area contributed by atoms with Crippen molar-refractivity contribution in [2.45, 2.75) is 38.0 Å². The Hall–Kier alpha value is -1.80. The van der Waals surface area contributed by atoms with E-state index in [2.05, 4.69) is 0 Å². The number of esters is 1. The number of ether oxygens (including phenoxy) is 3. The van der Waals surface area contributed by atoms with E-state index < -0.39 is 10.0 Å². The molecule has 7 nitrogen and oxygen atoms in total. The highest BCUT2D eigenvalue weighted by Gasteiger charge is 2.33. The summed E-state index contributed by atoms with van der Waals surface area (Å²) in [7, 11) is -3.64. The van der Waals surface area contributed by atoms with Gasteiger partial charge in [0.2, 0.25) is 10.0 Å². The Morgan fingerprint density at radius 3 is 2.52 bits per heavy atom. The number of rotatable bonds is 5. The van der Waals surface area contributed by atoms with Crippen molar-refractivity contribution in [3.05, 3.63) is 18.2 Å². The summed E-state index contributed by atoms with van der Waals surface area (Å²) < 4.78 is 43.8. The van der Waals surface area contributed by atoms with Crippen LogP contribution in [0, 0.1) is 11.8 Å². The Morgan fingerprint density at radius 2 is 1.85 bits per heavy atom. The van der Waals surface area contributed by atoms with Crippen molar-refractivity contribution in [3.63, 3.8) is 0 Å². The van der Waals surface area contributed by atoms with Crippen molar-refractivity contribution in [1.82, 2.24) is 4.31 Å². The highest BCUT2D eigenvalue weighted by molar-refractivity contribution is 7.89. The highest BCUT2D eigenvalue weighted by Crippen LogP contribution is 2.33. The minimum absolute atomic E-state index is 0.188. The Balaban J connectivity index is 1.65. The van der Waals surface area contributed by atoms with Gasteiger partial charge in [-0.25, -0.2) is 8.42 Å². The van der Waals surface area contributed by atoms with E-state index in [0.29, 0.717) is 57.3 Å². The van der Waals surface area contributed by atoms with E-state index in [-0.39, 0.29) is 22.7 Å². The first kappa shape index (κ1) is 19.9. The Morgan fingerprint density at radius 1 is 1.19 bits per heavy atom. The minimum atomic E-state index is -3.64. The van der Waals surface area contributed by atoms with Crippen LogP contribution >= 0.6 is 0 Å². The van der Waals surface area contributed by atoms with Crippen molar-refractivity contribution >= 4 is 16.0 Å². The number of piperidine rings is 1. The fourth-order valence-corrected chi connectivity index (χ4v) is 4.64. The molecular formula is C19H27NO6S. The zero-order valence-corrected chi connectivity index (χ0v) is 16.7. The third-order valence-electron chi connectivity index (χ3n) is 4.70. The zero-order chi connectivity index (χ0) is 19.4. The largest absolute Gasteiger partial charge is 0.490 e. The van der Waals surface area contributed by atoms with Gasteiger partial charge < -0.3 is 14.2 Å². The molecule has 8 heteroatoms. The number of sulfonamides is 1. The molecule has 1 saturated heterocycles. The smallest absolute Gasteiger partial charge is 0.309 e. The lowest BCUT2D eigenvalue weighted by Gasteiger charge is -2.30. The predicted octanol–water partition coefficient (Wildman–Crippen LogP) is 2.45. The van der Waals surface area contributed by atoms with E-state index in [1.54, 1.807) is 12.1 Å².